The number of hydrogen-bond acceptors (Lipinski definition) is 4. The van der Waals surface area contributed by atoms with Gasteiger partial charge in [-0.05, 0) is 38.5 Å². The Bertz CT molecular complexity index is 886. The van der Waals surface area contributed by atoms with Crippen molar-refractivity contribution in [1.82, 2.24) is 0 Å². The maximum atomic E-state index is 6.04. The molecule has 3 aromatic rings. The summed E-state index contributed by atoms with van der Waals surface area (Å²) in [5.41, 5.74) is 3.47. The van der Waals surface area contributed by atoms with Gasteiger partial charge < -0.3 is 18.9 Å². The first-order valence-corrected chi connectivity index (χ1v) is 11.4. The van der Waals surface area contributed by atoms with Crippen molar-refractivity contribution in [2.45, 2.75) is 20.0 Å². The molecule has 0 atom stereocenters. The first kappa shape index (κ1) is 22.3. The second-order valence-corrected chi connectivity index (χ2v) is 9.16. The Labute approximate surface area is 180 Å². The average molecular weight is 424 g/mol. The third-order valence-corrected chi connectivity index (χ3v) is 7.34. The molecule has 0 bridgehead atoms. The van der Waals surface area contributed by atoms with E-state index in [-0.39, 0.29) is 13.6 Å². The van der Waals surface area contributed by atoms with Gasteiger partial charge in [0.15, 0.2) is 13.6 Å². The van der Waals surface area contributed by atoms with Crippen LogP contribution in [0.25, 0.3) is 0 Å². The highest BCUT2D eigenvalue weighted by Crippen LogP contribution is 2.44. The number of benzene rings is 3. The molecule has 3 rings (SSSR count). The van der Waals surface area contributed by atoms with E-state index in [4.69, 9.17) is 18.9 Å². The second-order valence-electron chi connectivity index (χ2n) is 7.02. The molecule has 0 heterocycles. The maximum Gasteiger partial charge on any atom is 0.188 e. The fourth-order valence-corrected chi connectivity index (χ4v) is 6.06. The van der Waals surface area contributed by atoms with Crippen molar-refractivity contribution in [2.24, 2.45) is 0 Å². The molecule has 4 nitrogen and oxygen atoms in total. The molecule has 3 aromatic carbocycles. The van der Waals surface area contributed by atoms with E-state index >= 15 is 0 Å². The van der Waals surface area contributed by atoms with Gasteiger partial charge in [0.25, 0.3) is 0 Å². The minimum atomic E-state index is -0.795. The van der Waals surface area contributed by atoms with Gasteiger partial charge in [0, 0.05) is 31.0 Å². The summed E-state index contributed by atoms with van der Waals surface area (Å²) in [6.45, 7) is 4.58. The smallest absolute Gasteiger partial charge is 0.188 e. The molecule has 0 amide bonds. The minimum absolute atomic E-state index is 0.215. The monoisotopic (exact) mass is 424 g/mol. The Morgan fingerprint density at radius 1 is 0.633 bits per heavy atom. The first-order chi connectivity index (χ1) is 14.7. The number of hydrogen-bond donors (Lipinski definition) is 0. The van der Waals surface area contributed by atoms with Gasteiger partial charge in [-0.15, -0.1) is 0 Å². The highest BCUT2D eigenvalue weighted by Gasteiger charge is 2.24. The molecule has 0 radical (unpaired) electrons. The lowest BCUT2D eigenvalue weighted by atomic mass is 10.2. The van der Waals surface area contributed by atoms with Gasteiger partial charge in [-0.2, -0.15) is 0 Å². The van der Waals surface area contributed by atoms with Crippen LogP contribution in [0.1, 0.15) is 16.7 Å². The molecule has 0 unspecified atom stereocenters. The summed E-state index contributed by atoms with van der Waals surface area (Å²) in [5.74, 6) is 1.78. The van der Waals surface area contributed by atoms with Gasteiger partial charge >= 0.3 is 0 Å². The van der Waals surface area contributed by atoms with Crippen molar-refractivity contribution in [3.8, 4) is 11.5 Å². The van der Waals surface area contributed by atoms with E-state index in [2.05, 4.69) is 74.5 Å². The largest absolute Gasteiger partial charge is 0.467 e. The third kappa shape index (κ3) is 5.40. The number of rotatable bonds is 10. The molecule has 158 valence electrons. The maximum absolute atomic E-state index is 6.04. The van der Waals surface area contributed by atoms with Crippen LogP contribution in [-0.4, -0.2) is 27.8 Å². The molecule has 0 spiro atoms. The zero-order valence-electron chi connectivity index (χ0n) is 18.1. The van der Waals surface area contributed by atoms with Crippen molar-refractivity contribution < 1.29 is 18.9 Å². The lowest BCUT2D eigenvalue weighted by Crippen LogP contribution is -2.20. The van der Waals surface area contributed by atoms with E-state index in [1.165, 1.54) is 16.2 Å². The van der Waals surface area contributed by atoms with Gasteiger partial charge in [-0.3, -0.25) is 0 Å². The fraction of sp³-hybridized carbons (Fsp3) is 0.280. The fourth-order valence-electron chi connectivity index (χ4n) is 3.38. The normalized spacial score (nSPS) is 11.0. The lowest BCUT2D eigenvalue weighted by Gasteiger charge is -2.25. The van der Waals surface area contributed by atoms with Crippen LogP contribution in [0.3, 0.4) is 0 Å². The summed E-state index contributed by atoms with van der Waals surface area (Å²) in [6.07, 6.45) is 0.885. The SMILES string of the molecule is COCOc1c(C)cccc1P(Cc1ccccc1)c1cccc(C)c1OCOC. The van der Waals surface area contributed by atoms with Crippen molar-refractivity contribution in [3.63, 3.8) is 0 Å². The molecule has 5 heteroatoms. The van der Waals surface area contributed by atoms with Crippen LogP contribution in [0, 0.1) is 13.8 Å². The first-order valence-electron chi connectivity index (χ1n) is 9.90. The molecule has 0 N–H and O–H groups in total. The molecule has 0 aliphatic carbocycles. The molecule has 0 saturated heterocycles. The number of para-hydroxylation sites is 2. The van der Waals surface area contributed by atoms with E-state index in [1.807, 2.05) is 6.07 Å². The zero-order valence-corrected chi connectivity index (χ0v) is 18.9. The highest BCUT2D eigenvalue weighted by molar-refractivity contribution is 7.72. The predicted octanol–water partition coefficient (Wildman–Crippen LogP) is 4.90. The summed E-state index contributed by atoms with van der Waals surface area (Å²) in [4.78, 5) is 0. The van der Waals surface area contributed by atoms with Crippen LogP contribution in [-0.2, 0) is 15.6 Å². The van der Waals surface area contributed by atoms with Crippen LogP contribution in [0.4, 0.5) is 0 Å². The van der Waals surface area contributed by atoms with E-state index in [0.29, 0.717) is 0 Å². The Morgan fingerprint density at radius 3 is 1.60 bits per heavy atom. The molecule has 0 aromatic heterocycles. The molecular formula is C25H29O4P. The van der Waals surface area contributed by atoms with Gasteiger partial charge in [-0.1, -0.05) is 66.7 Å². The quantitative estimate of drug-likeness (QED) is 0.343. The number of aryl methyl sites for hydroxylation is 2. The molecule has 0 fully saturated rings. The standard InChI is InChI=1S/C25H29O4P/c1-19-10-8-14-22(24(19)28-17-26-3)30(16-21-12-6-5-7-13-21)23-15-9-11-20(2)25(23)29-18-27-4/h5-15H,16-18H2,1-4H3. The molecule has 30 heavy (non-hydrogen) atoms. The minimum Gasteiger partial charge on any atom is -0.467 e. The van der Waals surface area contributed by atoms with E-state index < -0.39 is 7.92 Å². The number of methoxy groups -OCH3 is 2. The van der Waals surface area contributed by atoms with Crippen molar-refractivity contribution >= 4 is 18.5 Å². The van der Waals surface area contributed by atoms with Crippen LogP contribution >= 0.6 is 7.92 Å². The van der Waals surface area contributed by atoms with Crippen molar-refractivity contribution in [2.75, 3.05) is 27.8 Å². The second kappa shape index (κ2) is 11.1. The Hall–Kier alpha value is -2.39. The van der Waals surface area contributed by atoms with E-state index in [0.717, 1.165) is 28.8 Å². The molecule has 0 aliphatic rings. The third-order valence-electron chi connectivity index (χ3n) is 4.79. The van der Waals surface area contributed by atoms with Crippen LogP contribution in [0.5, 0.6) is 11.5 Å². The Kier molecular flexibility index (Phi) is 8.27. The van der Waals surface area contributed by atoms with Gasteiger partial charge in [0.2, 0.25) is 0 Å². The lowest BCUT2D eigenvalue weighted by molar-refractivity contribution is 0.0514. The van der Waals surface area contributed by atoms with Crippen LogP contribution in [0.2, 0.25) is 0 Å². The molecule has 0 saturated carbocycles. The van der Waals surface area contributed by atoms with Crippen LogP contribution < -0.4 is 20.1 Å². The Morgan fingerprint density at radius 2 is 1.13 bits per heavy atom. The molecule has 0 aliphatic heterocycles. The van der Waals surface area contributed by atoms with Gasteiger partial charge in [-0.25, -0.2) is 0 Å². The summed E-state index contributed by atoms with van der Waals surface area (Å²) in [5, 5.41) is 2.36. The average Bonchev–Trinajstić information content (AvgIpc) is 2.76. The van der Waals surface area contributed by atoms with Crippen LogP contribution in [0.15, 0.2) is 66.7 Å². The van der Waals surface area contributed by atoms with Crippen molar-refractivity contribution in [1.29, 1.82) is 0 Å². The van der Waals surface area contributed by atoms with Gasteiger partial charge in [0.1, 0.15) is 11.5 Å². The molecular weight excluding hydrogens is 395 g/mol. The predicted molar refractivity (Wildman–Crippen MR) is 124 cm³/mol. The van der Waals surface area contributed by atoms with E-state index in [9.17, 15) is 0 Å². The summed E-state index contributed by atoms with van der Waals surface area (Å²) < 4.78 is 22.5. The van der Waals surface area contributed by atoms with Gasteiger partial charge in [0.05, 0.1) is 0 Å². The Balaban J connectivity index is 2.14. The summed E-state index contributed by atoms with van der Waals surface area (Å²) in [6, 6.07) is 23.2. The topological polar surface area (TPSA) is 36.9 Å². The summed E-state index contributed by atoms with van der Waals surface area (Å²) in [7, 11) is 2.49. The zero-order chi connectivity index (χ0) is 21.3. The summed E-state index contributed by atoms with van der Waals surface area (Å²) >= 11 is 0. The van der Waals surface area contributed by atoms with E-state index in [1.54, 1.807) is 14.2 Å². The number of ether oxygens (including phenoxy) is 4. The van der Waals surface area contributed by atoms with Crippen molar-refractivity contribution in [3.05, 3.63) is 83.4 Å². The highest BCUT2D eigenvalue weighted by atomic mass is 31.1.